The molecule has 0 saturated carbocycles. The van der Waals surface area contributed by atoms with Crippen molar-refractivity contribution >= 4 is 23.9 Å². The fourth-order valence-corrected chi connectivity index (χ4v) is 0.201. The highest BCUT2D eigenvalue weighted by atomic mass is 32.1. The molecular weight excluding hydrogens is 96.1 g/mol. The van der Waals surface area contributed by atoms with Gasteiger partial charge in [-0.1, -0.05) is 12.2 Å². The molecule has 0 aromatic carbocycles. The van der Waals surface area contributed by atoms with Crippen molar-refractivity contribution < 1.29 is 0 Å². The second-order valence-corrected chi connectivity index (χ2v) is 1.37. The lowest BCUT2D eigenvalue weighted by Crippen LogP contribution is -2.10. The van der Waals surface area contributed by atoms with Gasteiger partial charge in [0.25, 0.3) is 0 Å². The van der Waals surface area contributed by atoms with Crippen molar-refractivity contribution in [2.75, 3.05) is 6.54 Å². The van der Waals surface area contributed by atoms with Crippen molar-refractivity contribution in [3.05, 3.63) is 0 Å². The Labute approximate surface area is 42.1 Å². The Hall–Kier alpha value is -0.440. The van der Waals surface area contributed by atoms with Gasteiger partial charge >= 0.3 is 0 Å². The van der Waals surface area contributed by atoms with Crippen LogP contribution in [0.4, 0.5) is 0 Å². The molecular formula is C3H6N2S. The van der Waals surface area contributed by atoms with Gasteiger partial charge in [0.15, 0.2) is 0 Å². The molecule has 0 aliphatic carbocycles. The minimum absolute atomic E-state index is 0.394. The average Bonchev–Trinajstić information content (AvgIpc) is 1.35. The largest absolute Gasteiger partial charge is 0.392 e. The number of nitrogens with zero attached hydrogens (tertiary/aromatic N) is 1. The van der Waals surface area contributed by atoms with Crippen LogP contribution in [0.2, 0.25) is 0 Å². The van der Waals surface area contributed by atoms with Gasteiger partial charge in [0.1, 0.15) is 0 Å². The summed E-state index contributed by atoms with van der Waals surface area (Å²) in [6.45, 7) is 3.58. The van der Waals surface area contributed by atoms with E-state index in [9.17, 15) is 0 Å². The SMILES string of the molecule is C=NCC(N)=S. The Morgan fingerprint density at radius 1 is 2.00 bits per heavy atom. The molecule has 0 unspecified atom stereocenters. The van der Waals surface area contributed by atoms with Crippen molar-refractivity contribution in [2.45, 2.75) is 0 Å². The maximum atomic E-state index is 5.00. The van der Waals surface area contributed by atoms with Gasteiger partial charge in [-0.2, -0.15) is 0 Å². The van der Waals surface area contributed by atoms with Gasteiger partial charge < -0.3 is 5.73 Å². The van der Waals surface area contributed by atoms with Gasteiger partial charge in [-0.05, 0) is 6.72 Å². The second kappa shape index (κ2) is 2.78. The zero-order chi connectivity index (χ0) is 4.99. The van der Waals surface area contributed by atoms with Crippen molar-refractivity contribution in [1.29, 1.82) is 0 Å². The number of aliphatic imine (C=N–C) groups is 1. The fraction of sp³-hybridized carbons (Fsp3) is 0.333. The lowest BCUT2D eigenvalue weighted by Gasteiger charge is -1.81. The van der Waals surface area contributed by atoms with Gasteiger partial charge in [-0.3, -0.25) is 4.99 Å². The van der Waals surface area contributed by atoms with E-state index < -0.39 is 0 Å². The number of thiocarbonyl (C=S) groups is 1. The molecule has 0 amide bonds. The summed E-state index contributed by atoms with van der Waals surface area (Å²) in [6.07, 6.45) is 0. The van der Waals surface area contributed by atoms with Gasteiger partial charge in [-0.25, -0.2) is 0 Å². The minimum atomic E-state index is 0.394. The summed E-state index contributed by atoms with van der Waals surface area (Å²) in [5.41, 5.74) is 5.00. The number of hydrogen-bond donors (Lipinski definition) is 1. The highest BCUT2D eigenvalue weighted by Crippen LogP contribution is 1.63. The van der Waals surface area contributed by atoms with Crippen LogP contribution in [-0.2, 0) is 0 Å². The van der Waals surface area contributed by atoms with E-state index in [4.69, 9.17) is 5.73 Å². The first-order chi connectivity index (χ1) is 2.77. The van der Waals surface area contributed by atoms with Gasteiger partial charge in [0, 0.05) is 0 Å². The van der Waals surface area contributed by atoms with Crippen LogP contribution in [0, 0.1) is 0 Å². The summed E-state index contributed by atoms with van der Waals surface area (Å²) in [5.74, 6) is 0. The molecule has 0 spiro atoms. The summed E-state index contributed by atoms with van der Waals surface area (Å²) < 4.78 is 0. The summed E-state index contributed by atoms with van der Waals surface area (Å²) in [4.78, 5) is 3.81. The molecule has 0 radical (unpaired) electrons. The molecule has 0 saturated heterocycles. The van der Waals surface area contributed by atoms with Gasteiger partial charge in [-0.15, -0.1) is 0 Å². The Balaban J connectivity index is 3.05. The molecule has 2 nitrogen and oxygen atoms in total. The van der Waals surface area contributed by atoms with E-state index in [1.807, 2.05) is 0 Å². The molecule has 0 atom stereocenters. The van der Waals surface area contributed by atoms with Crippen LogP contribution in [0.5, 0.6) is 0 Å². The van der Waals surface area contributed by atoms with Crippen LogP contribution < -0.4 is 5.73 Å². The van der Waals surface area contributed by atoms with Crippen LogP contribution >= 0.6 is 12.2 Å². The van der Waals surface area contributed by atoms with Crippen LogP contribution in [-0.4, -0.2) is 18.3 Å². The Morgan fingerprint density at radius 3 is 2.50 bits per heavy atom. The van der Waals surface area contributed by atoms with E-state index >= 15 is 0 Å². The zero-order valence-corrected chi connectivity index (χ0v) is 4.16. The second-order valence-electron chi connectivity index (χ2n) is 0.848. The lowest BCUT2D eigenvalue weighted by molar-refractivity contribution is 1.33. The molecule has 6 heavy (non-hydrogen) atoms. The predicted octanol–water partition coefficient (Wildman–Crippen LogP) is -0.0269. The van der Waals surface area contributed by atoms with Crippen LogP contribution in [0.15, 0.2) is 4.99 Å². The van der Waals surface area contributed by atoms with Crippen molar-refractivity contribution in [2.24, 2.45) is 10.7 Å². The molecule has 0 heterocycles. The van der Waals surface area contributed by atoms with E-state index in [0.29, 0.717) is 11.5 Å². The maximum Gasteiger partial charge on any atom is 0.0944 e. The number of nitrogens with two attached hydrogens (primary N) is 1. The third-order valence-corrected chi connectivity index (χ3v) is 0.397. The zero-order valence-electron chi connectivity index (χ0n) is 3.35. The summed E-state index contributed by atoms with van der Waals surface area (Å²) >= 11 is 4.44. The monoisotopic (exact) mass is 102 g/mol. The Bertz CT molecular complexity index is 69.2. The molecule has 0 aliphatic heterocycles. The molecule has 2 N–H and O–H groups in total. The van der Waals surface area contributed by atoms with Crippen molar-refractivity contribution in [1.82, 2.24) is 0 Å². The maximum absolute atomic E-state index is 5.00. The van der Waals surface area contributed by atoms with E-state index in [0.717, 1.165) is 0 Å². The Kier molecular flexibility index (Phi) is 2.58. The Morgan fingerprint density at radius 2 is 2.50 bits per heavy atom. The highest BCUT2D eigenvalue weighted by molar-refractivity contribution is 7.80. The van der Waals surface area contributed by atoms with E-state index in [2.05, 4.69) is 23.9 Å². The quantitative estimate of drug-likeness (QED) is 0.393. The minimum Gasteiger partial charge on any atom is -0.392 e. The predicted molar refractivity (Wildman–Crippen MR) is 31.2 cm³/mol. The van der Waals surface area contributed by atoms with Gasteiger partial charge in [0.05, 0.1) is 11.5 Å². The first-order valence-corrected chi connectivity index (χ1v) is 1.89. The van der Waals surface area contributed by atoms with E-state index in [-0.39, 0.29) is 0 Å². The van der Waals surface area contributed by atoms with Crippen molar-refractivity contribution in [3.63, 3.8) is 0 Å². The third-order valence-electron chi connectivity index (χ3n) is 0.268. The first kappa shape index (κ1) is 5.56. The summed E-state index contributed by atoms with van der Waals surface area (Å²) in [5, 5.41) is 0. The van der Waals surface area contributed by atoms with E-state index in [1.165, 1.54) is 0 Å². The molecule has 0 rings (SSSR count). The van der Waals surface area contributed by atoms with Crippen LogP contribution in [0.25, 0.3) is 0 Å². The van der Waals surface area contributed by atoms with Gasteiger partial charge in [0.2, 0.25) is 0 Å². The first-order valence-electron chi connectivity index (χ1n) is 1.48. The van der Waals surface area contributed by atoms with Crippen molar-refractivity contribution in [3.8, 4) is 0 Å². The van der Waals surface area contributed by atoms with Crippen LogP contribution in [0.1, 0.15) is 0 Å². The van der Waals surface area contributed by atoms with Crippen LogP contribution in [0.3, 0.4) is 0 Å². The molecule has 3 heteroatoms. The average molecular weight is 102 g/mol. The molecule has 0 aliphatic rings. The molecule has 34 valence electrons. The number of rotatable bonds is 2. The van der Waals surface area contributed by atoms with E-state index in [1.54, 1.807) is 0 Å². The third kappa shape index (κ3) is 3.56. The normalized spacial score (nSPS) is 7.33. The summed E-state index contributed by atoms with van der Waals surface area (Å²) in [6, 6.07) is 0. The molecule has 0 fully saturated rings. The molecule has 0 aromatic heterocycles. The lowest BCUT2D eigenvalue weighted by atomic mass is 10.7. The standard InChI is InChI=1S/C3H6N2S/c1-5-2-3(4)6/h1-2H2,(H2,4,6). The highest BCUT2D eigenvalue weighted by Gasteiger charge is 1.75. The molecule has 0 bridgehead atoms. The number of hydrogen-bond acceptors (Lipinski definition) is 2. The summed E-state index contributed by atoms with van der Waals surface area (Å²) in [7, 11) is 0. The molecule has 0 aromatic rings. The smallest absolute Gasteiger partial charge is 0.0944 e. The topological polar surface area (TPSA) is 38.4 Å². The fourth-order valence-electron chi connectivity index (χ4n) is 0.110.